The van der Waals surface area contributed by atoms with Crippen LogP contribution in [0.2, 0.25) is 0 Å². The van der Waals surface area contributed by atoms with Crippen molar-refractivity contribution >= 4 is 33.3 Å². The largest absolute Gasteiger partial charge is 0.382 e. The van der Waals surface area contributed by atoms with Crippen LogP contribution >= 0.6 is 15.9 Å². The summed E-state index contributed by atoms with van der Waals surface area (Å²) in [5, 5.41) is 10.3. The number of aryl methyl sites for hydroxylation is 1. The highest BCUT2D eigenvalue weighted by molar-refractivity contribution is 9.10. The van der Waals surface area contributed by atoms with Crippen LogP contribution in [0.5, 0.6) is 0 Å². The fourth-order valence-corrected chi connectivity index (χ4v) is 2.49. The molecule has 0 saturated carbocycles. The third-order valence-electron chi connectivity index (χ3n) is 3.66. The molecule has 2 aromatic carbocycles. The molecule has 1 heterocycles. The summed E-state index contributed by atoms with van der Waals surface area (Å²) in [5.41, 5.74) is 7.77. The standard InChI is InChI=1S/C17H15BrFN5O/c1-10-2-7-13(8-14(10)19)21-17(25)15-16(20)24(23-22-15)9-11-3-5-12(18)6-4-11/h2-8H,9,20H2,1H3,(H,21,25). The van der Waals surface area contributed by atoms with E-state index >= 15 is 0 Å². The van der Waals surface area contributed by atoms with Gasteiger partial charge in [-0.05, 0) is 42.3 Å². The lowest BCUT2D eigenvalue weighted by atomic mass is 10.2. The van der Waals surface area contributed by atoms with Gasteiger partial charge in [-0.1, -0.05) is 39.3 Å². The Morgan fingerprint density at radius 1 is 1.28 bits per heavy atom. The van der Waals surface area contributed by atoms with Crippen LogP contribution in [0.1, 0.15) is 21.6 Å². The van der Waals surface area contributed by atoms with Gasteiger partial charge >= 0.3 is 0 Å². The molecule has 3 aromatic rings. The molecule has 128 valence electrons. The average Bonchev–Trinajstić information content (AvgIpc) is 2.94. The minimum absolute atomic E-state index is 0.00176. The van der Waals surface area contributed by atoms with Gasteiger partial charge in [-0.25, -0.2) is 9.07 Å². The van der Waals surface area contributed by atoms with E-state index in [1.54, 1.807) is 19.1 Å². The van der Waals surface area contributed by atoms with Crippen LogP contribution in [0.15, 0.2) is 46.9 Å². The highest BCUT2D eigenvalue weighted by Crippen LogP contribution is 2.17. The molecule has 3 rings (SSSR count). The van der Waals surface area contributed by atoms with Crippen molar-refractivity contribution < 1.29 is 9.18 Å². The molecule has 0 bridgehead atoms. The lowest BCUT2D eigenvalue weighted by Crippen LogP contribution is -2.15. The maximum absolute atomic E-state index is 13.6. The molecule has 0 unspecified atom stereocenters. The van der Waals surface area contributed by atoms with Gasteiger partial charge in [0.15, 0.2) is 11.5 Å². The van der Waals surface area contributed by atoms with Crippen molar-refractivity contribution in [2.24, 2.45) is 0 Å². The molecule has 6 nitrogen and oxygen atoms in total. The van der Waals surface area contributed by atoms with Gasteiger partial charge in [-0.2, -0.15) is 0 Å². The van der Waals surface area contributed by atoms with E-state index in [9.17, 15) is 9.18 Å². The number of nitrogens with two attached hydrogens (primary N) is 1. The van der Waals surface area contributed by atoms with Crippen LogP contribution in [0.25, 0.3) is 0 Å². The molecular formula is C17H15BrFN5O. The number of anilines is 2. The minimum Gasteiger partial charge on any atom is -0.382 e. The van der Waals surface area contributed by atoms with E-state index in [0.29, 0.717) is 17.8 Å². The number of nitrogens with one attached hydrogen (secondary N) is 1. The summed E-state index contributed by atoms with van der Waals surface area (Å²) in [5.74, 6) is -0.791. The van der Waals surface area contributed by atoms with Crippen LogP contribution in [0.3, 0.4) is 0 Å². The summed E-state index contributed by atoms with van der Waals surface area (Å²) in [6, 6.07) is 12.1. The monoisotopic (exact) mass is 403 g/mol. The number of hydrogen-bond acceptors (Lipinski definition) is 4. The SMILES string of the molecule is Cc1ccc(NC(=O)c2nnn(Cc3ccc(Br)cc3)c2N)cc1F. The quantitative estimate of drug-likeness (QED) is 0.698. The molecule has 0 saturated heterocycles. The van der Waals surface area contributed by atoms with Crippen molar-refractivity contribution in [2.75, 3.05) is 11.1 Å². The lowest BCUT2D eigenvalue weighted by molar-refractivity contribution is 0.102. The fraction of sp³-hybridized carbons (Fsp3) is 0.118. The van der Waals surface area contributed by atoms with E-state index in [0.717, 1.165) is 10.0 Å². The molecule has 0 atom stereocenters. The smallest absolute Gasteiger partial charge is 0.280 e. The number of nitrogen functional groups attached to an aromatic ring is 1. The van der Waals surface area contributed by atoms with Gasteiger partial charge < -0.3 is 11.1 Å². The topological polar surface area (TPSA) is 85.8 Å². The molecule has 0 fully saturated rings. The normalized spacial score (nSPS) is 10.7. The summed E-state index contributed by atoms with van der Waals surface area (Å²) in [6.07, 6.45) is 0. The molecule has 8 heteroatoms. The lowest BCUT2D eigenvalue weighted by Gasteiger charge is -2.06. The van der Waals surface area contributed by atoms with Gasteiger partial charge in [0.2, 0.25) is 0 Å². The number of carbonyl (C=O) groups excluding carboxylic acids is 1. The first kappa shape index (κ1) is 17.1. The highest BCUT2D eigenvalue weighted by Gasteiger charge is 2.18. The van der Waals surface area contributed by atoms with Crippen molar-refractivity contribution in [1.82, 2.24) is 15.0 Å². The first-order valence-corrected chi connectivity index (χ1v) is 8.24. The highest BCUT2D eigenvalue weighted by atomic mass is 79.9. The molecular weight excluding hydrogens is 389 g/mol. The Morgan fingerprint density at radius 2 is 2.00 bits per heavy atom. The Morgan fingerprint density at radius 3 is 2.68 bits per heavy atom. The van der Waals surface area contributed by atoms with Crippen LogP contribution in [0.4, 0.5) is 15.9 Å². The fourth-order valence-electron chi connectivity index (χ4n) is 2.22. The molecule has 1 amide bonds. The summed E-state index contributed by atoms with van der Waals surface area (Å²) in [4.78, 5) is 12.3. The maximum Gasteiger partial charge on any atom is 0.280 e. The van der Waals surface area contributed by atoms with E-state index in [2.05, 4.69) is 31.6 Å². The number of amides is 1. The molecule has 0 radical (unpaired) electrons. The Bertz CT molecular complexity index is 923. The van der Waals surface area contributed by atoms with Crippen molar-refractivity contribution in [2.45, 2.75) is 13.5 Å². The first-order valence-electron chi connectivity index (χ1n) is 7.45. The Hall–Kier alpha value is -2.74. The molecule has 3 N–H and O–H groups in total. The zero-order valence-electron chi connectivity index (χ0n) is 13.3. The number of hydrogen-bond donors (Lipinski definition) is 2. The summed E-state index contributed by atoms with van der Waals surface area (Å²) in [6.45, 7) is 2.03. The van der Waals surface area contributed by atoms with E-state index in [4.69, 9.17) is 5.73 Å². The Labute approximate surface area is 152 Å². The maximum atomic E-state index is 13.6. The van der Waals surface area contributed by atoms with Gasteiger partial charge in [0, 0.05) is 10.2 Å². The second-order valence-electron chi connectivity index (χ2n) is 5.53. The molecule has 1 aromatic heterocycles. The number of benzene rings is 2. The van der Waals surface area contributed by atoms with Crippen LogP contribution in [0, 0.1) is 12.7 Å². The number of aromatic nitrogens is 3. The molecule has 0 aliphatic rings. The van der Waals surface area contributed by atoms with Crippen molar-refractivity contribution in [1.29, 1.82) is 0 Å². The van der Waals surface area contributed by atoms with Gasteiger partial charge in [0.1, 0.15) is 5.82 Å². The van der Waals surface area contributed by atoms with Gasteiger partial charge in [-0.3, -0.25) is 4.79 Å². The predicted molar refractivity (Wildman–Crippen MR) is 96.8 cm³/mol. The third kappa shape index (κ3) is 3.85. The molecule has 0 aliphatic carbocycles. The van der Waals surface area contributed by atoms with Gasteiger partial charge in [0.25, 0.3) is 5.91 Å². The van der Waals surface area contributed by atoms with E-state index in [1.165, 1.54) is 10.7 Å². The van der Waals surface area contributed by atoms with E-state index in [1.807, 2.05) is 24.3 Å². The number of nitrogens with zero attached hydrogens (tertiary/aromatic N) is 3. The molecule has 25 heavy (non-hydrogen) atoms. The van der Waals surface area contributed by atoms with Gasteiger partial charge in [0.05, 0.1) is 6.54 Å². The van der Waals surface area contributed by atoms with E-state index in [-0.39, 0.29) is 11.5 Å². The molecule has 0 spiro atoms. The molecule has 0 aliphatic heterocycles. The van der Waals surface area contributed by atoms with Crippen LogP contribution in [-0.4, -0.2) is 20.9 Å². The van der Waals surface area contributed by atoms with Crippen LogP contribution < -0.4 is 11.1 Å². The predicted octanol–water partition coefficient (Wildman–Crippen LogP) is 3.37. The Balaban J connectivity index is 1.76. The second kappa shape index (κ2) is 7.02. The summed E-state index contributed by atoms with van der Waals surface area (Å²) < 4.78 is 16.0. The number of rotatable bonds is 4. The second-order valence-corrected chi connectivity index (χ2v) is 6.44. The summed E-state index contributed by atoms with van der Waals surface area (Å²) >= 11 is 3.37. The van der Waals surface area contributed by atoms with Gasteiger partial charge in [-0.15, -0.1) is 5.10 Å². The zero-order valence-corrected chi connectivity index (χ0v) is 14.9. The van der Waals surface area contributed by atoms with E-state index < -0.39 is 11.7 Å². The van der Waals surface area contributed by atoms with Crippen molar-refractivity contribution in [3.63, 3.8) is 0 Å². The average molecular weight is 404 g/mol. The van der Waals surface area contributed by atoms with Crippen molar-refractivity contribution in [3.05, 3.63) is 69.6 Å². The first-order chi connectivity index (χ1) is 11.9. The van der Waals surface area contributed by atoms with Crippen LogP contribution in [-0.2, 0) is 6.54 Å². The zero-order chi connectivity index (χ0) is 18.0. The third-order valence-corrected chi connectivity index (χ3v) is 4.19. The number of carbonyl (C=O) groups is 1. The number of halogens is 2. The minimum atomic E-state index is -0.539. The Kier molecular flexibility index (Phi) is 4.80. The van der Waals surface area contributed by atoms with Crippen molar-refractivity contribution in [3.8, 4) is 0 Å². The summed E-state index contributed by atoms with van der Waals surface area (Å²) in [7, 11) is 0.